The molecule has 1 saturated heterocycles. The first-order valence-electron chi connectivity index (χ1n) is 12.1. The predicted molar refractivity (Wildman–Crippen MR) is 123 cm³/mol. The van der Waals surface area contributed by atoms with E-state index in [-0.39, 0.29) is 48.8 Å². The molecule has 1 fully saturated rings. The molecule has 1 aliphatic heterocycles. The summed E-state index contributed by atoms with van der Waals surface area (Å²) in [4.78, 5) is 47.0. The third kappa shape index (κ3) is 14.8. The highest BCUT2D eigenvalue weighted by Gasteiger charge is 2.35. The normalized spacial score (nSPS) is 15.6. The summed E-state index contributed by atoms with van der Waals surface area (Å²) in [6.45, 7) is 9.20. The van der Waals surface area contributed by atoms with Gasteiger partial charge >= 0.3 is 0 Å². The van der Waals surface area contributed by atoms with Crippen LogP contribution >= 0.6 is 0 Å². The van der Waals surface area contributed by atoms with Crippen LogP contribution in [0.4, 0.5) is 0 Å². The highest BCUT2D eigenvalue weighted by molar-refractivity contribution is 6.03. The molecule has 0 aromatic rings. The van der Waals surface area contributed by atoms with Crippen molar-refractivity contribution in [2.45, 2.75) is 98.3 Å². The molecule has 1 atom stereocenters. The van der Waals surface area contributed by atoms with Crippen molar-refractivity contribution in [2.24, 2.45) is 5.92 Å². The number of imide groups is 1. The van der Waals surface area contributed by atoms with E-state index in [1.165, 1.54) is 44.9 Å². The van der Waals surface area contributed by atoms with Crippen LogP contribution in [0.2, 0.25) is 0 Å². The topological polar surface area (TPSA) is 92.8 Å². The van der Waals surface area contributed by atoms with Crippen LogP contribution in [0.3, 0.4) is 0 Å². The van der Waals surface area contributed by atoms with Crippen LogP contribution in [0.15, 0.2) is 0 Å². The zero-order valence-corrected chi connectivity index (χ0v) is 20.2. The summed E-state index contributed by atoms with van der Waals surface area (Å²) in [5.74, 6) is -0.780. The molecular formula is C24H44N2O5. The molecule has 0 aromatic carbocycles. The molecule has 0 aliphatic carbocycles. The molecule has 1 rings (SSSR count). The third-order valence-corrected chi connectivity index (χ3v) is 5.23. The first-order chi connectivity index (χ1) is 14.9. The summed E-state index contributed by atoms with van der Waals surface area (Å²) in [5, 5.41) is 2.65. The van der Waals surface area contributed by atoms with Gasteiger partial charge in [0, 0.05) is 44.7 Å². The van der Waals surface area contributed by atoms with E-state index in [4.69, 9.17) is 4.74 Å². The molecule has 3 amide bonds. The number of rotatable bonds is 16. The van der Waals surface area contributed by atoms with Gasteiger partial charge in [0.05, 0.1) is 13.2 Å². The number of Topliss-reactive ketones (excluding diaryl/α,β-unsaturated/α-hetero) is 1. The maximum Gasteiger partial charge on any atom is 0.232 e. The van der Waals surface area contributed by atoms with E-state index < -0.39 is 0 Å². The number of unbranched alkanes of at least 4 members (excludes halogenated alkanes) is 6. The van der Waals surface area contributed by atoms with Crippen LogP contribution in [0.5, 0.6) is 0 Å². The monoisotopic (exact) mass is 440 g/mol. The molecule has 0 spiro atoms. The second-order valence-electron chi connectivity index (χ2n) is 8.11. The fourth-order valence-electron chi connectivity index (χ4n) is 3.14. The van der Waals surface area contributed by atoms with Crippen molar-refractivity contribution in [2.75, 3.05) is 26.3 Å². The Balaban J connectivity index is 0.000000842. The van der Waals surface area contributed by atoms with Crippen molar-refractivity contribution >= 4 is 23.5 Å². The van der Waals surface area contributed by atoms with Gasteiger partial charge in [0.1, 0.15) is 5.78 Å². The Morgan fingerprint density at radius 2 is 1.58 bits per heavy atom. The number of hydrogen-bond acceptors (Lipinski definition) is 5. The minimum atomic E-state index is -0.283. The Hall–Kier alpha value is -1.76. The van der Waals surface area contributed by atoms with E-state index >= 15 is 0 Å². The summed E-state index contributed by atoms with van der Waals surface area (Å²) in [6.07, 6.45) is 11.2. The van der Waals surface area contributed by atoms with Crippen LogP contribution in [-0.4, -0.2) is 54.7 Å². The number of amides is 3. The van der Waals surface area contributed by atoms with Gasteiger partial charge in [-0.15, -0.1) is 0 Å². The second-order valence-corrected chi connectivity index (χ2v) is 8.11. The van der Waals surface area contributed by atoms with Crippen molar-refractivity contribution in [3.05, 3.63) is 0 Å². The van der Waals surface area contributed by atoms with Gasteiger partial charge in [0.15, 0.2) is 0 Å². The first-order valence-corrected chi connectivity index (χ1v) is 12.1. The average molecular weight is 441 g/mol. The van der Waals surface area contributed by atoms with Gasteiger partial charge in [-0.2, -0.15) is 0 Å². The van der Waals surface area contributed by atoms with Crippen LogP contribution in [-0.2, 0) is 23.9 Å². The van der Waals surface area contributed by atoms with Gasteiger partial charge in [-0.1, -0.05) is 72.6 Å². The zero-order chi connectivity index (χ0) is 23.5. The lowest BCUT2D eigenvalue weighted by molar-refractivity contribution is -0.139. The summed E-state index contributed by atoms with van der Waals surface area (Å²) < 4.78 is 5.23. The van der Waals surface area contributed by atoms with E-state index in [1.54, 1.807) is 13.8 Å². The molecule has 1 aliphatic rings. The summed E-state index contributed by atoms with van der Waals surface area (Å²) in [6, 6.07) is 0. The zero-order valence-electron chi connectivity index (χ0n) is 20.2. The lowest BCUT2D eigenvalue weighted by Crippen LogP contribution is -2.35. The summed E-state index contributed by atoms with van der Waals surface area (Å²) in [5.41, 5.74) is 0. The Bertz CT molecular complexity index is 530. The van der Waals surface area contributed by atoms with Crippen LogP contribution in [0.1, 0.15) is 98.3 Å². The second kappa shape index (κ2) is 19.0. The Kier molecular flexibility index (Phi) is 17.9. The molecule has 1 heterocycles. The summed E-state index contributed by atoms with van der Waals surface area (Å²) in [7, 11) is 0. The fourth-order valence-corrected chi connectivity index (χ4v) is 3.14. The van der Waals surface area contributed by atoms with Crippen LogP contribution in [0.25, 0.3) is 0 Å². The molecule has 180 valence electrons. The first kappa shape index (κ1) is 29.2. The lowest BCUT2D eigenvalue weighted by Gasteiger charge is -2.14. The number of hydrogen-bond donors (Lipinski definition) is 1. The molecule has 1 N–H and O–H groups in total. The highest BCUT2D eigenvalue weighted by Crippen LogP contribution is 2.18. The highest BCUT2D eigenvalue weighted by atomic mass is 16.5. The molecule has 1 unspecified atom stereocenters. The SMILES string of the molecule is CCC(=O)CCOCCNC(=O)CCN1C(=O)CC(C)C1=O.CCCCCCCCC. The maximum absolute atomic E-state index is 11.7. The lowest BCUT2D eigenvalue weighted by atomic mass is 10.1. The Labute approximate surface area is 188 Å². The number of ketones is 1. The molecule has 7 nitrogen and oxygen atoms in total. The van der Waals surface area contributed by atoms with Crippen molar-refractivity contribution in [1.82, 2.24) is 10.2 Å². The van der Waals surface area contributed by atoms with Gasteiger partial charge in [0.25, 0.3) is 0 Å². The van der Waals surface area contributed by atoms with Gasteiger partial charge < -0.3 is 10.1 Å². The number of carbonyl (C=O) groups excluding carboxylic acids is 4. The Morgan fingerprint density at radius 3 is 2.10 bits per heavy atom. The van der Waals surface area contributed by atoms with Gasteiger partial charge in [0.2, 0.25) is 17.7 Å². The van der Waals surface area contributed by atoms with Crippen LogP contribution in [0, 0.1) is 5.92 Å². The van der Waals surface area contributed by atoms with E-state index in [9.17, 15) is 19.2 Å². The Morgan fingerprint density at radius 1 is 0.968 bits per heavy atom. The molecular weight excluding hydrogens is 396 g/mol. The number of nitrogens with one attached hydrogen (secondary N) is 1. The van der Waals surface area contributed by atoms with Gasteiger partial charge in [-0.05, 0) is 0 Å². The molecule has 0 bridgehead atoms. The molecule has 31 heavy (non-hydrogen) atoms. The molecule has 0 radical (unpaired) electrons. The van der Waals surface area contributed by atoms with E-state index in [2.05, 4.69) is 19.2 Å². The van der Waals surface area contributed by atoms with E-state index in [1.807, 2.05) is 0 Å². The third-order valence-electron chi connectivity index (χ3n) is 5.23. The fraction of sp³-hybridized carbons (Fsp3) is 0.833. The molecule has 7 heteroatoms. The largest absolute Gasteiger partial charge is 0.379 e. The smallest absolute Gasteiger partial charge is 0.232 e. The van der Waals surface area contributed by atoms with Gasteiger partial charge in [-0.3, -0.25) is 24.1 Å². The minimum absolute atomic E-state index is 0.0958. The summed E-state index contributed by atoms with van der Waals surface area (Å²) >= 11 is 0. The minimum Gasteiger partial charge on any atom is -0.379 e. The van der Waals surface area contributed by atoms with Crippen molar-refractivity contribution in [3.8, 4) is 0 Å². The van der Waals surface area contributed by atoms with Gasteiger partial charge in [-0.25, -0.2) is 0 Å². The van der Waals surface area contributed by atoms with E-state index in [0.29, 0.717) is 32.6 Å². The standard InChI is InChI=1S/C15H24N2O5.C9H20/c1-3-12(18)5-8-22-9-6-16-13(19)4-7-17-14(20)10-11(2)15(17)21;1-3-5-7-9-8-6-4-2/h11H,3-10H2,1-2H3,(H,16,19);3-9H2,1-2H3. The average Bonchev–Trinajstić information content (AvgIpc) is 3.00. The maximum atomic E-state index is 11.7. The van der Waals surface area contributed by atoms with Crippen molar-refractivity contribution in [3.63, 3.8) is 0 Å². The number of nitrogens with zero attached hydrogens (tertiary/aromatic N) is 1. The quantitative estimate of drug-likeness (QED) is 0.289. The molecule has 0 aromatic heterocycles. The van der Waals surface area contributed by atoms with Crippen LogP contribution < -0.4 is 5.32 Å². The number of carbonyl (C=O) groups is 4. The van der Waals surface area contributed by atoms with Crippen molar-refractivity contribution < 1.29 is 23.9 Å². The van der Waals surface area contributed by atoms with E-state index in [0.717, 1.165) is 4.90 Å². The predicted octanol–water partition coefficient (Wildman–Crippen LogP) is 4.03. The molecule has 0 saturated carbocycles. The number of ether oxygens (including phenoxy) is 1. The van der Waals surface area contributed by atoms with Crippen molar-refractivity contribution in [1.29, 1.82) is 0 Å². The number of likely N-dealkylation sites (tertiary alicyclic amines) is 1.